The number of hydrogen-bond acceptors (Lipinski definition) is 2. The Bertz CT molecular complexity index is 754. The van der Waals surface area contributed by atoms with Crippen molar-refractivity contribution < 1.29 is 18.0 Å². The third-order valence-electron chi connectivity index (χ3n) is 5.50. The molecule has 1 aliphatic heterocycles. The molecule has 1 aromatic heterocycles. The van der Waals surface area contributed by atoms with E-state index in [0.29, 0.717) is 18.9 Å². The van der Waals surface area contributed by atoms with Crippen LogP contribution < -0.4 is 0 Å². The summed E-state index contributed by atoms with van der Waals surface area (Å²) >= 11 is 0. The second-order valence-electron chi connectivity index (χ2n) is 7.28. The van der Waals surface area contributed by atoms with E-state index in [4.69, 9.17) is 4.42 Å². The lowest BCUT2D eigenvalue weighted by Crippen LogP contribution is -2.41. The van der Waals surface area contributed by atoms with Crippen molar-refractivity contribution in [3.05, 3.63) is 59.6 Å². The monoisotopic (exact) mass is 345 g/mol. The van der Waals surface area contributed by atoms with Crippen molar-refractivity contribution in [3.63, 3.8) is 0 Å². The largest absolute Gasteiger partial charge is 0.467 e. The Labute approximate surface area is 145 Å². The molecule has 1 saturated carbocycles. The maximum absolute atomic E-state index is 14.0. The highest BCUT2D eigenvalue weighted by molar-refractivity contribution is 5.83. The second-order valence-corrected chi connectivity index (χ2v) is 7.28. The van der Waals surface area contributed by atoms with Gasteiger partial charge in [0.2, 0.25) is 5.91 Å². The van der Waals surface area contributed by atoms with Gasteiger partial charge in [0.15, 0.2) is 0 Å². The van der Waals surface area contributed by atoms with Gasteiger partial charge in [0.25, 0.3) is 0 Å². The quantitative estimate of drug-likeness (QED) is 0.810. The summed E-state index contributed by atoms with van der Waals surface area (Å²) in [6.45, 7) is 2.83. The molecule has 0 bridgehead atoms. The van der Waals surface area contributed by atoms with E-state index >= 15 is 0 Å². The number of hydrogen-bond donors (Lipinski definition) is 0. The summed E-state index contributed by atoms with van der Waals surface area (Å²) in [6, 6.07) is 7.50. The zero-order chi connectivity index (χ0) is 17.6. The van der Waals surface area contributed by atoms with Gasteiger partial charge in [-0.05, 0) is 49.4 Å². The molecule has 2 aromatic rings. The van der Waals surface area contributed by atoms with Crippen molar-refractivity contribution in [2.75, 3.05) is 6.54 Å². The van der Waals surface area contributed by atoms with E-state index in [0.717, 1.165) is 18.6 Å². The van der Waals surface area contributed by atoms with E-state index in [1.165, 1.54) is 18.2 Å². The molecule has 2 fully saturated rings. The van der Waals surface area contributed by atoms with Gasteiger partial charge < -0.3 is 9.32 Å². The average molecular weight is 345 g/mol. The van der Waals surface area contributed by atoms with Crippen molar-refractivity contribution in [2.24, 2.45) is 11.8 Å². The standard InChI is InChI=1S/C20H21F2NO2/c1-12-7-8-23(17(10-12)18-6-3-9-25-18)20(24)14-11-13(14)19-15(21)4-2-5-16(19)22/h2-6,9,12-14,17H,7-8,10-11H2,1H3/t12-,13-,14-,17+/m1/s1. The van der Waals surface area contributed by atoms with Gasteiger partial charge in [0, 0.05) is 23.9 Å². The molecule has 2 aliphatic rings. The number of rotatable bonds is 3. The van der Waals surface area contributed by atoms with Gasteiger partial charge in [-0.1, -0.05) is 13.0 Å². The Kier molecular flexibility index (Phi) is 4.10. The van der Waals surface area contributed by atoms with Gasteiger partial charge in [-0.15, -0.1) is 0 Å². The third-order valence-corrected chi connectivity index (χ3v) is 5.50. The Morgan fingerprint density at radius 1 is 1.16 bits per heavy atom. The summed E-state index contributed by atoms with van der Waals surface area (Å²) in [4.78, 5) is 14.9. The summed E-state index contributed by atoms with van der Waals surface area (Å²) in [6.07, 6.45) is 3.92. The summed E-state index contributed by atoms with van der Waals surface area (Å²) in [5, 5.41) is 0. The second kappa shape index (κ2) is 6.28. The first-order valence-corrected chi connectivity index (χ1v) is 8.84. The van der Waals surface area contributed by atoms with E-state index < -0.39 is 11.6 Å². The molecule has 132 valence electrons. The topological polar surface area (TPSA) is 33.5 Å². The molecule has 5 heteroatoms. The van der Waals surface area contributed by atoms with Gasteiger partial charge in [-0.2, -0.15) is 0 Å². The minimum Gasteiger partial charge on any atom is -0.467 e. The van der Waals surface area contributed by atoms with E-state index in [-0.39, 0.29) is 29.3 Å². The zero-order valence-electron chi connectivity index (χ0n) is 14.1. The van der Waals surface area contributed by atoms with E-state index in [2.05, 4.69) is 6.92 Å². The first-order valence-electron chi connectivity index (χ1n) is 8.84. The minimum atomic E-state index is -0.560. The summed E-state index contributed by atoms with van der Waals surface area (Å²) in [7, 11) is 0. The van der Waals surface area contributed by atoms with Crippen molar-refractivity contribution in [1.82, 2.24) is 4.90 Å². The zero-order valence-corrected chi connectivity index (χ0v) is 14.1. The van der Waals surface area contributed by atoms with Gasteiger partial charge in [0.1, 0.15) is 17.4 Å². The SMILES string of the molecule is C[C@@H]1CCN(C(=O)[C@@H]2C[C@H]2c2c(F)cccc2F)[C@H](c2ccco2)C1. The number of carbonyl (C=O) groups excluding carboxylic acids is 1. The van der Waals surface area contributed by atoms with E-state index in [1.54, 1.807) is 6.26 Å². The van der Waals surface area contributed by atoms with Crippen LogP contribution in [0.2, 0.25) is 0 Å². The molecule has 0 N–H and O–H groups in total. The molecule has 25 heavy (non-hydrogen) atoms. The number of nitrogens with zero attached hydrogens (tertiary/aromatic N) is 1. The fraction of sp³-hybridized carbons (Fsp3) is 0.450. The Morgan fingerprint density at radius 3 is 2.60 bits per heavy atom. The number of carbonyl (C=O) groups is 1. The fourth-order valence-electron chi connectivity index (χ4n) is 4.02. The predicted octanol–water partition coefficient (Wildman–Crippen LogP) is 4.66. The van der Waals surface area contributed by atoms with Crippen LogP contribution in [0.25, 0.3) is 0 Å². The number of piperidine rings is 1. The highest BCUT2D eigenvalue weighted by atomic mass is 19.1. The molecule has 3 nitrogen and oxygen atoms in total. The molecule has 2 heterocycles. The van der Waals surface area contributed by atoms with Gasteiger partial charge in [-0.3, -0.25) is 4.79 Å². The van der Waals surface area contributed by atoms with Crippen molar-refractivity contribution >= 4 is 5.91 Å². The molecule has 1 saturated heterocycles. The molecule has 1 aliphatic carbocycles. The first kappa shape index (κ1) is 16.3. The number of likely N-dealkylation sites (tertiary alicyclic amines) is 1. The van der Waals surface area contributed by atoms with Gasteiger partial charge in [0.05, 0.1) is 12.3 Å². The smallest absolute Gasteiger partial charge is 0.226 e. The lowest BCUT2D eigenvalue weighted by atomic mass is 9.90. The highest BCUT2D eigenvalue weighted by Gasteiger charge is 2.50. The Hall–Kier alpha value is -2.17. The lowest BCUT2D eigenvalue weighted by molar-refractivity contribution is -0.137. The van der Waals surface area contributed by atoms with Crippen LogP contribution in [-0.4, -0.2) is 17.4 Å². The molecule has 1 amide bonds. The number of halogens is 2. The maximum atomic E-state index is 14.0. The maximum Gasteiger partial charge on any atom is 0.226 e. The van der Waals surface area contributed by atoms with Crippen LogP contribution in [0.1, 0.15) is 49.5 Å². The van der Waals surface area contributed by atoms with Gasteiger partial charge >= 0.3 is 0 Å². The predicted molar refractivity (Wildman–Crippen MR) is 88.8 cm³/mol. The van der Waals surface area contributed by atoms with Crippen LogP contribution in [0.5, 0.6) is 0 Å². The first-order chi connectivity index (χ1) is 12.1. The molecular formula is C20H21F2NO2. The van der Waals surface area contributed by atoms with Gasteiger partial charge in [-0.25, -0.2) is 8.78 Å². The van der Waals surface area contributed by atoms with Crippen LogP contribution >= 0.6 is 0 Å². The Morgan fingerprint density at radius 2 is 1.92 bits per heavy atom. The van der Waals surface area contributed by atoms with Crippen molar-refractivity contribution in [3.8, 4) is 0 Å². The van der Waals surface area contributed by atoms with Crippen molar-refractivity contribution in [1.29, 1.82) is 0 Å². The van der Waals surface area contributed by atoms with Crippen molar-refractivity contribution in [2.45, 2.75) is 38.1 Å². The summed E-state index contributed by atoms with van der Waals surface area (Å²) in [5.74, 6) is -0.527. The van der Waals surface area contributed by atoms with Crippen LogP contribution in [-0.2, 0) is 4.79 Å². The number of amides is 1. The van der Waals surface area contributed by atoms with Crippen LogP contribution in [0, 0.1) is 23.5 Å². The molecule has 4 atom stereocenters. The molecule has 4 rings (SSSR count). The van der Waals surface area contributed by atoms with Crippen LogP contribution in [0.4, 0.5) is 8.78 Å². The third kappa shape index (κ3) is 2.96. The summed E-state index contributed by atoms with van der Waals surface area (Å²) < 4.78 is 33.5. The van der Waals surface area contributed by atoms with Crippen LogP contribution in [0.3, 0.4) is 0 Å². The fourth-order valence-corrected chi connectivity index (χ4v) is 4.02. The summed E-state index contributed by atoms with van der Waals surface area (Å²) in [5.41, 5.74) is 0.0563. The van der Waals surface area contributed by atoms with Crippen LogP contribution in [0.15, 0.2) is 41.0 Å². The normalized spacial score (nSPS) is 28.8. The molecular weight excluding hydrogens is 324 g/mol. The molecule has 0 radical (unpaired) electrons. The highest BCUT2D eigenvalue weighted by Crippen LogP contribution is 2.51. The Balaban J connectivity index is 1.55. The van der Waals surface area contributed by atoms with E-state index in [1.807, 2.05) is 17.0 Å². The average Bonchev–Trinajstić information content (AvgIpc) is 3.16. The molecule has 0 spiro atoms. The minimum absolute atomic E-state index is 0.0130. The van der Waals surface area contributed by atoms with E-state index in [9.17, 15) is 13.6 Å². The number of benzene rings is 1. The number of furan rings is 1. The molecule has 1 aromatic carbocycles. The molecule has 0 unspecified atom stereocenters. The lowest BCUT2D eigenvalue weighted by Gasteiger charge is -2.37.